The van der Waals surface area contributed by atoms with Crippen LogP contribution in [0.5, 0.6) is 0 Å². The molecule has 0 bridgehead atoms. The second-order valence-corrected chi connectivity index (χ2v) is 4.00. The Kier molecular flexibility index (Phi) is 1.88. The Hall–Kier alpha value is -0.840. The van der Waals surface area contributed by atoms with Crippen LogP contribution in [0.15, 0.2) is 0 Å². The fourth-order valence-electron chi connectivity index (χ4n) is 2.02. The van der Waals surface area contributed by atoms with E-state index < -0.39 is 0 Å². The number of Topliss-reactive ketones (excluding diaryl/α,β-unsaturated/α-hetero) is 1. The van der Waals surface area contributed by atoms with Crippen LogP contribution >= 0.6 is 0 Å². The van der Waals surface area contributed by atoms with Crippen molar-refractivity contribution in [2.45, 2.75) is 32.1 Å². The molecule has 64 valence electrons. The number of rotatable bonds is 4. The van der Waals surface area contributed by atoms with Crippen LogP contribution in [-0.4, -0.2) is 5.78 Å². The highest BCUT2D eigenvalue weighted by atomic mass is 16.1. The summed E-state index contributed by atoms with van der Waals surface area (Å²) in [6, 6.07) is 1.96. The van der Waals surface area contributed by atoms with Gasteiger partial charge in [0.15, 0.2) is 5.78 Å². The number of hydrogen-bond acceptors (Lipinski definition) is 2. The van der Waals surface area contributed by atoms with Crippen LogP contribution in [-0.2, 0) is 4.79 Å². The van der Waals surface area contributed by atoms with Gasteiger partial charge in [0.05, 0.1) is 12.5 Å². The van der Waals surface area contributed by atoms with Gasteiger partial charge in [0.25, 0.3) is 0 Å². The van der Waals surface area contributed by atoms with Gasteiger partial charge in [-0.15, -0.1) is 0 Å². The van der Waals surface area contributed by atoms with Crippen molar-refractivity contribution < 1.29 is 4.79 Å². The Morgan fingerprint density at radius 1 is 1.33 bits per heavy atom. The average Bonchev–Trinajstić information content (AvgIpc) is 2.80. The Labute approximate surface area is 72.6 Å². The Morgan fingerprint density at radius 2 is 1.83 bits per heavy atom. The maximum atomic E-state index is 11.5. The normalized spacial score (nSPS) is 22.3. The van der Waals surface area contributed by atoms with E-state index in [1.807, 2.05) is 6.07 Å². The van der Waals surface area contributed by atoms with Gasteiger partial charge >= 0.3 is 0 Å². The first-order valence-corrected chi connectivity index (χ1v) is 4.72. The van der Waals surface area contributed by atoms with E-state index in [-0.39, 0.29) is 18.1 Å². The van der Waals surface area contributed by atoms with E-state index in [9.17, 15) is 4.79 Å². The molecule has 12 heavy (non-hydrogen) atoms. The minimum atomic E-state index is 0.137. The molecule has 0 aromatic heterocycles. The molecule has 2 rings (SSSR count). The van der Waals surface area contributed by atoms with Gasteiger partial charge in [-0.25, -0.2) is 0 Å². The summed E-state index contributed by atoms with van der Waals surface area (Å²) in [4.78, 5) is 11.5. The molecule has 0 aromatic carbocycles. The smallest absolute Gasteiger partial charge is 0.150 e. The predicted octanol–water partition coefficient (Wildman–Crippen LogP) is 1.91. The predicted molar refractivity (Wildman–Crippen MR) is 44.2 cm³/mol. The van der Waals surface area contributed by atoms with Crippen LogP contribution in [0.3, 0.4) is 0 Å². The maximum absolute atomic E-state index is 11.5. The molecule has 0 amide bonds. The summed E-state index contributed by atoms with van der Waals surface area (Å²) >= 11 is 0. The fraction of sp³-hybridized carbons (Fsp3) is 0.800. The van der Waals surface area contributed by atoms with Crippen LogP contribution in [0, 0.1) is 29.1 Å². The molecule has 0 spiro atoms. The molecule has 2 heteroatoms. The summed E-state index contributed by atoms with van der Waals surface area (Å²) in [6.07, 6.45) is 5.02. The zero-order valence-electron chi connectivity index (χ0n) is 7.12. The molecule has 2 nitrogen and oxygen atoms in total. The number of hydrogen-bond donors (Lipinski definition) is 0. The Morgan fingerprint density at radius 3 is 2.17 bits per heavy atom. The third kappa shape index (κ3) is 1.50. The molecule has 0 atom stereocenters. The molecular formula is C10H13NO. The number of carbonyl (C=O) groups excluding carboxylic acids is 1. The van der Waals surface area contributed by atoms with Gasteiger partial charge in [-0.05, 0) is 37.5 Å². The van der Waals surface area contributed by atoms with Crippen molar-refractivity contribution >= 4 is 5.78 Å². The zero-order chi connectivity index (χ0) is 8.55. The van der Waals surface area contributed by atoms with Crippen molar-refractivity contribution in [2.24, 2.45) is 17.8 Å². The molecule has 0 radical (unpaired) electrons. The fourth-order valence-corrected chi connectivity index (χ4v) is 2.02. The van der Waals surface area contributed by atoms with E-state index in [1.54, 1.807) is 0 Å². The van der Waals surface area contributed by atoms with E-state index in [0.29, 0.717) is 11.8 Å². The van der Waals surface area contributed by atoms with Crippen molar-refractivity contribution in [3.63, 3.8) is 0 Å². The van der Waals surface area contributed by atoms with Crippen LogP contribution in [0.25, 0.3) is 0 Å². The first-order valence-electron chi connectivity index (χ1n) is 4.72. The van der Waals surface area contributed by atoms with Gasteiger partial charge < -0.3 is 0 Å². The topological polar surface area (TPSA) is 40.9 Å². The molecule has 0 aliphatic heterocycles. The molecule has 2 saturated carbocycles. The van der Waals surface area contributed by atoms with Gasteiger partial charge in [-0.2, -0.15) is 5.26 Å². The van der Waals surface area contributed by atoms with Crippen LogP contribution in [0.1, 0.15) is 32.1 Å². The molecule has 0 unspecified atom stereocenters. The summed E-state index contributed by atoms with van der Waals surface area (Å²) in [5, 5.41) is 8.42. The minimum absolute atomic E-state index is 0.137. The summed E-state index contributed by atoms with van der Waals surface area (Å²) < 4.78 is 0. The summed E-state index contributed by atoms with van der Waals surface area (Å²) in [5.74, 6) is 1.78. The first kappa shape index (κ1) is 7.79. The van der Waals surface area contributed by atoms with Crippen molar-refractivity contribution in [1.29, 1.82) is 5.26 Å². The van der Waals surface area contributed by atoms with E-state index in [4.69, 9.17) is 5.26 Å². The molecule has 2 fully saturated rings. The van der Waals surface area contributed by atoms with Crippen LogP contribution in [0.4, 0.5) is 0 Å². The number of nitriles is 1. The second kappa shape index (κ2) is 2.90. The number of carbonyl (C=O) groups is 1. The second-order valence-electron chi connectivity index (χ2n) is 4.00. The number of nitrogens with zero attached hydrogens (tertiary/aromatic N) is 1. The summed E-state index contributed by atoms with van der Waals surface area (Å²) in [6.45, 7) is 0. The monoisotopic (exact) mass is 163 g/mol. The van der Waals surface area contributed by atoms with Gasteiger partial charge in [0.2, 0.25) is 0 Å². The summed E-state index contributed by atoms with van der Waals surface area (Å²) in [5.41, 5.74) is 0. The lowest BCUT2D eigenvalue weighted by atomic mass is 9.91. The molecular weight excluding hydrogens is 150 g/mol. The highest BCUT2D eigenvalue weighted by Gasteiger charge is 2.44. The molecule has 0 aromatic rings. The van der Waals surface area contributed by atoms with Crippen molar-refractivity contribution in [3.05, 3.63) is 0 Å². The lowest BCUT2D eigenvalue weighted by Crippen LogP contribution is -2.18. The molecule has 0 heterocycles. The quantitative estimate of drug-likeness (QED) is 0.635. The molecule has 2 aliphatic rings. The third-order valence-corrected chi connectivity index (χ3v) is 2.88. The van der Waals surface area contributed by atoms with Gasteiger partial charge in [-0.3, -0.25) is 4.79 Å². The Balaban J connectivity index is 1.95. The first-order chi connectivity index (χ1) is 5.83. The van der Waals surface area contributed by atoms with E-state index in [0.717, 1.165) is 0 Å². The average molecular weight is 163 g/mol. The van der Waals surface area contributed by atoms with Crippen molar-refractivity contribution in [2.75, 3.05) is 0 Å². The molecule has 0 saturated heterocycles. The zero-order valence-corrected chi connectivity index (χ0v) is 7.12. The molecule has 2 aliphatic carbocycles. The van der Waals surface area contributed by atoms with E-state index >= 15 is 0 Å². The summed E-state index contributed by atoms with van der Waals surface area (Å²) in [7, 11) is 0. The van der Waals surface area contributed by atoms with Crippen molar-refractivity contribution in [3.8, 4) is 6.07 Å². The van der Waals surface area contributed by atoms with Crippen LogP contribution < -0.4 is 0 Å². The van der Waals surface area contributed by atoms with Gasteiger partial charge in [0.1, 0.15) is 0 Å². The highest BCUT2D eigenvalue weighted by molar-refractivity contribution is 5.84. The highest BCUT2D eigenvalue weighted by Crippen LogP contribution is 2.49. The van der Waals surface area contributed by atoms with E-state index in [2.05, 4.69) is 0 Å². The lowest BCUT2D eigenvalue weighted by molar-refractivity contribution is -0.123. The maximum Gasteiger partial charge on any atom is 0.150 e. The van der Waals surface area contributed by atoms with E-state index in [1.165, 1.54) is 25.7 Å². The Bertz CT molecular complexity index is 221. The number of ketones is 1. The van der Waals surface area contributed by atoms with Crippen LogP contribution in [0.2, 0.25) is 0 Å². The lowest BCUT2D eigenvalue weighted by Gasteiger charge is -2.10. The third-order valence-electron chi connectivity index (χ3n) is 2.88. The largest absolute Gasteiger partial charge is 0.298 e. The minimum Gasteiger partial charge on any atom is -0.298 e. The SMILES string of the molecule is N#CCC(=O)C(C1CC1)C1CC1. The van der Waals surface area contributed by atoms with Crippen molar-refractivity contribution in [1.82, 2.24) is 0 Å². The van der Waals surface area contributed by atoms with Gasteiger partial charge in [-0.1, -0.05) is 0 Å². The van der Waals surface area contributed by atoms with Gasteiger partial charge in [0, 0.05) is 5.92 Å². The molecule has 0 N–H and O–H groups in total. The standard InChI is InChI=1S/C10H13NO/c11-6-5-9(12)10(7-1-2-7)8-3-4-8/h7-8,10H,1-5H2.